The lowest BCUT2D eigenvalue weighted by atomic mass is 10.0. The van der Waals surface area contributed by atoms with Crippen LogP contribution < -0.4 is 5.32 Å². The van der Waals surface area contributed by atoms with E-state index in [1.165, 1.54) is 0 Å². The number of oxazole rings is 1. The molecule has 1 aromatic carbocycles. The van der Waals surface area contributed by atoms with Gasteiger partial charge in [0.25, 0.3) is 0 Å². The van der Waals surface area contributed by atoms with Crippen LogP contribution in [-0.4, -0.2) is 30.8 Å². The summed E-state index contributed by atoms with van der Waals surface area (Å²) in [5, 5.41) is 4.06. The van der Waals surface area contributed by atoms with Crippen molar-refractivity contribution >= 4 is 22.7 Å². The summed E-state index contributed by atoms with van der Waals surface area (Å²) in [5.41, 5.74) is 1.58. The van der Waals surface area contributed by atoms with Crippen molar-refractivity contribution < 1.29 is 9.15 Å². The van der Waals surface area contributed by atoms with Gasteiger partial charge in [0, 0.05) is 17.1 Å². The van der Waals surface area contributed by atoms with Crippen molar-refractivity contribution in [1.29, 1.82) is 0 Å². The number of benzene rings is 1. The van der Waals surface area contributed by atoms with Gasteiger partial charge in [-0.1, -0.05) is 18.5 Å². The van der Waals surface area contributed by atoms with Crippen molar-refractivity contribution in [2.75, 3.05) is 19.8 Å². The minimum Gasteiger partial charge on any atom is -0.440 e. The molecule has 0 amide bonds. The minimum absolute atomic E-state index is 0.177. The molecule has 2 heterocycles. The number of rotatable bonds is 3. The van der Waals surface area contributed by atoms with E-state index in [-0.39, 0.29) is 12.0 Å². The maximum Gasteiger partial charge on any atom is 0.202 e. The molecule has 5 heteroatoms. The predicted molar refractivity (Wildman–Crippen MR) is 70.0 cm³/mol. The summed E-state index contributed by atoms with van der Waals surface area (Å²) in [7, 11) is 0. The van der Waals surface area contributed by atoms with Crippen molar-refractivity contribution in [3.63, 3.8) is 0 Å². The van der Waals surface area contributed by atoms with Crippen molar-refractivity contribution in [2.24, 2.45) is 0 Å². The standard InChI is InChI=1S/C13H15ClN2O2/c1-2-15-11-7-17-6-9(11)13-16-10-4-3-8(14)5-12(10)18-13/h3-5,9,11,15H,2,6-7H2,1H3. The van der Waals surface area contributed by atoms with Crippen molar-refractivity contribution in [3.8, 4) is 0 Å². The van der Waals surface area contributed by atoms with Gasteiger partial charge in [-0.25, -0.2) is 4.98 Å². The van der Waals surface area contributed by atoms with Gasteiger partial charge in [0.1, 0.15) is 5.52 Å². The number of nitrogens with one attached hydrogen (secondary N) is 1. The molecule has 1 N–H and O–H groups in total. The van der Waals surface area contributed by atoms with Crippen LogP contribution in [0.1, 0.15) is 18.7 Å². The molecule has 0 saturated carbocycles. The zero-order chi connectivity index (χ0) is 12.5. The van der Waals surface area contributed by atoms with Crippen LogP contribution in [0, 0.1) is 0 Å². The van der Waals surface area contributed by atoms with Crippen molar-refractivity contribution in [3.05, 3.63) is 29.1 Å². The molecule has 1 saturated heterocycles. The Morgan fingerprint density at radius 3 is 3.17 bits per heavy atom. The molecule has 1 aromatic heterocycles. The molecule has 2 aromatic rings. The number of fused-ring (bicyclic) bond motifs is 1. The van der Waals surface area contributed by atoms with Gasteiger partial charge in [0.05, 0.1) is 19.1 Å². The Morgan fingerprint density at radius 2 is 2.33 bits per heavy atom. The molecule has 1 aliphatic rings. The topological polar surface area (TPSA) is 47.3 Å². The van der Waals surface area contributed by atoms with E-state index in [0.717, 1.165) is 23.5 Å². The number of ether oxygens (including phenoxy) is 1. The van der Waals surface area contributed by atoms with Crippen LogP contribution in [-0.2, 0) is 4.74 Å². The van der Waals surface area contributed by atoms with E-state index >= 15 is 0 Å². The molecule has 1 aliphatic heterocycles. The molecule has 18 heavy (non-hydrogen) atoms. The molecule has 2 unspecified atom stereocenters. The molecule has 2 atom stereocenters. The molecule has 3 rings (SSSR count). The summed E-state index contributed by atoms with van der Waals surface area (Å²) in [6.45, 7) is 4.36. The molecule has 4 nitrogen and oxygen atoms in total. The third kappa shape index (κ3) is 2.11. The minimum atomic E-state index is 0.177. The fourth-order valence-electron chi connectivity index (χ4n) is 2.34. The maximum atomic E-state index is 5.94. The molecule has 0 aliphatic carbocycles. The van der Waals surface area contributed by atoms with Gasteiger partial charge in [-0.2, -0.15) is 0 Å². The van der Waals surface area contributed by atoms with Gasteiger partial charge >= 0.3 is 0 Å². The summed E-state index contributed by atoms with van der Waals surface area (Å²) in [4.78, 5) is 4.52. The first-order valence-electron chi connectivity index (χ1n) is 6.15. The van der Waals surface area contributed by atoms with Gasteiger partial charge in [0.2, 0.25) is 5.89 Å². The summed E-state index contributed by atoms with van der Waals surface area (Å²) in [5.74, 6) is 0.909. The van der Waals surface area contributed by atoms with E-state index in [2.05, 4.69) is 17.2 Å². The van der Waals surface area contributed by atoms with Crippen LogP contribution in [0.15, 0.2) is 22.6 Å². The zero-order valence-electron chi connectivity index (χ0n) is 10.1. The summed E-state index contributed by atoms with van der Waals surface area (Å²) in [6, 6.07) is 5.77. The van der Waals surface area contributed by atoms with Crippen LogP contribution in [0.25, 0.3) is 11.1 Å². The fraction of sp³-hybridized carbons (Fsp3) is 0.462. The molecular formula is C13H15ClN2O2. The van der Waals surface area contributed by atoms with Crippen LogP contribution in [0.5, 0.6) is 0 Å². The van der Waals surface area contributed by atoms with E-state index < -0.39 is 0 Å². The highest BCUT2D eigenvalue weighted by Gasteiger charge is 2.32. The molecule has 96 valence electrons. The highest BCUT2D eigenvalue weighted by Crippen LogP contribution is 2.29. The first-order valence-corrected chi connectivity index (χ1v) is 6.53. The Bertz CT molecular complexity index is 555. The summed E-state index contributed by atoms with van der Waals surface area (Å²) < 4.78 is 11.3. The fourth-order valence-corrected chi connectivity index (χ4v) is 2.50. The van der Waals surface area contributed by atoms with Gasteiger partial charge in [-0.15, -0.1) is 0 Å². The van der Waals surface area contributed by atoms with E-state index in [9.17, 15) is 0 Å². The lowest BCUT2D eigenvalue weighted by Gasteiger charge is -2.14. The molecule has 0 radical (unpaired) electrons. The molecule has 0 spiro atoms. The van der Waals surface area contributed by atoms with Crippen LogP contribution in [0.2, 0.25) is 5.02 Å². The highest BCUT2D eigenvalue weighted by molar-refractivity contribution is 6.31. The second-order valence-corrected chi connectivity index (χ2v) is 4.91. The van der Waals surface area contributed by atoms with Crippen LogP contribution in [0.4, 0.5) is 0 Å². The zero-order valence-corrected chi connectivity index (χ0v) is 10.9. The second-order valence-electron chi connectivity index (χ2n) is 4.47. The van der Waals surface area contributed by atoms with E-state index in [0.29, 0.717) is 18.2 Å². The molecular weight excluding hydrogens is 252 g/mol. The number of aromatic nitrogens is 1. The Labute approximate surface area is 110 Å². The van der Waals surface area contributed by atoms with Crippen molar-refractivity contribution in [1.82, 2.24) is 10.3 Å². The third-order valence-corrected chi connectivity index (χ3v) is 3.47. The number of halogens is 1. The number of hydrogen-bond donors (Lipinski definition) is 1. The quantitative estimate of drug-likeness (QED) is 0.928. The van der Waals surface area contributed by atoms with E-state index in [4.69, 9.17) is 20.8 Å². The number of hydrogen-bond acceptors (Lipinski definition) is 4. The summed E-state index contributed by atoms with van der Waals surface area (Å²) in [6.07, 6.45) is 0. The highest BCUT2D eigenvalue weighted by atomic mass is 35.5. The van der Waals surface area contributed by atoms with Gasteiger partial charge in [-0.05, 0) is 18.7 Å². The Hall–Kier alpha value is -1.10. The lowest BCUT2D eigenvalue weighted by Crippen LogP contribution is -2.34. The SMILES string of the molecule is CCNC1COCC1c1nc2ccc(Cl)cc2o1. The first kappa shape index (κ1) is 12.0. The Balaban J connectivity index is 1.93. The number of likely N-dealkylation sites (N-methyl/N-ethyl adjacent to an activating group) is 1. The lowest BCUT2D eigenvalue weighted by molar-refractivity contribution is 0.186. The number of nitrogens with zero attached hydrogens (tertiary/aromatic N) is 1. The summed E-state index contributed by atoms with van der Waals surface area (Å²) >= 11 is 5.94. The largest absolute Gasteiger partial charge is 0.440 e. The van der Waals surface area contributed by atoms with E-state index in [1.54, 1.807) is 6.07 Å². The third-order valence-electron chi connectivity index (χ3n) is 3.23. The van der Waals surface area contributed by atoms with E-state index in [1.807, 2.05) is 12.1 Å². The normalized spacial score (nSPS) is 23.9. The molecule has 0 bridgehead atoms. The predicted octanol–water partition coefficient (Wildman–Crippen LogP) is 2.57. The maximum absolute atomic E-state index is 5.94. The van der Waals surface area contributed by atoms with Crippen LogP contribution in [0.3, 0.4) is 0 Å². The second kappa shape index (κ2) is 4.88. The van der Waals surface area contributed by atoms with Crippen molar-refractivity contribution in [2.45, 2.75) is 18.9 Å². The van der Waals surface area contributed by atoms with Crippen LogP contribution >= 0.6 is 11.6 Å². The monoisotopic (exact) mass is 266 g/mol. The van der Waals surface area contributed by atoms with Gasteiger partial charge < -0.3 is 14.5 Å². The van der Waals surface area contributed by atoms with Gasteiger partial charge in [-0.3, -0.25) is 0 Å². The van der Waals surface area contributed by atoms with Gasteiger partial charge in [0.15, 0.2) is 5.58 Å². The molecule has 1 fully saturated rings. The smallest absolute Gasteiger partial charge is 0.202 e. The first-order chi connectivity index (χ1) is 8.78. The Kier molecular flexibility index (Phi) is 3.24. The Morgan fingerprint density at radius 1 is 1.44 bits per heavy atom. The average Bonchev–Trinajstić information content (AvgIpc) is 2.94. The average molecular weight is 267 g/mol.